The van der Waals surface area contributed by atoms with Crippen LogP contribution in [0, 0.1) is 17.8 Å². The zero-order valence-electron chi connectivity index (χ0n) is 10.6. The first-order valence-electron chi connectivity index (χ1n) is 6.75. The van der Waals surface area contributed by atoms with Crippen molar-refractivity contribution in [3.05, 3.63) is 35.9 Å². The highest BCUT2D eigenvalue weighted by Gasteiger charge is 2.57. The van der Waals surface area contributed by atoms with Gasteiger partial charge in [-0.25, -0.2) is 0 Å². The van der Waals surface area contributed by atoms with Crippen LogP contribution in [0.15, 0.2) is 30.3 Å². The summed E-state index contributed by atoms with van der Waals surface area (Å²) in [4.78, 5) is 12.2. The number of hydrogen-bond donors (Lipinski definition) is 0. The van der Waals surface area contributed by atoms with Gasteiger partial charge in [0.25, 0.3) is 0 Å². The molecule has 2 aliphatic rings. The summed E-state index contributed by atoms with van der Waals surface area (Å²) in [6, 6.07) is 10.7. The fourth-order valence-corrected chi connectivity index (χ4v) is 3.94. The molecule has 90 valence electrons. The lowest BCUT2D eigenvalue weighted by molar-refractivity contribution is -0.123. The summed E-state index contributed by atoms with van der Waals surface area (Å²) < 4.78 is 0. The Morgan fingerprint density at radius 3 is 2.24 bits per heavy atom. The minimum atomic E-state index is 0.151. The van der Waals surface area contributed by atoms with E-state index in [9.17, 15) is 4.79 Å². The Balaban J connectivity index is 2.09. The molecule has 2 aliphatic carbocycles. The molecule has 0 aromatic heterocycles. The van der Waals surface area contributed by atoms with Gasteiger partial charge in [0.2, 0.25) is 0 Å². The van der Waals surface area contributed by atoms with Gasteiger partial charge in [0.05, 0.1) is 0 Å². The van der Waals surface area contributed by atoms with E-state index in [0.717, 1.165) is 12.3 Å². The highest BCUT2D eigenvalue weighted by molar-refractivity contribution is 5.87. The van der Waals surface area contributed by atoms with Crippen LogP contribution in [-0.2, 0) is 10.2 Å². The van der Waals surface area contributed by atoms with Crippen LogP contribution in [-0.4, -0.2) is 5.78 Å². The van der Waals surface area contributed by atoms with Crippen molar-refractivity contribution in [2.45, 2.75) is 38.5 Å². The summed E-state index contributed by atoms with van der Waals surface area (Å²) in [5.41, 5.74) is 1.55. The van der Waals surface area contributed by atoms with Gasteiger partial charge in [-0.3, -0.25) is 4.79 Å². The molecule has 3 rings (SSSR count). The van der Waals surface area contributed by atoms with E-state index in [2.05, 4.69) is 44.2 Å². The first-order valence-corrected chi connectivity index (χ1v) is 6.75. The van der Waals surface area contributed by atoms with Gasteiger partial charge < -0.3 is 0 Å². The lowest BCUT2D eigenvalue weighted by Gasteiger charge is -2.34. The highest BCUT2D eigenvalue weighted by atomic mass is 16.1. The molecule has 0 bridgehead atoms. The topological polar surface area (TPSA) is 17.1 Å². The van der Waals surface area contributed by atoms with E-state index in [1.807, 2.05) is 0 Å². The van der Waals surface area contributed by atoms with E-state index in [1.165, 1.54) is 18.4 Å². The number of ketones is 1. The van der Waals surface area contributed by atoms with Crippen LogP contribution in [0.5, 0.6) is 0 Å². The number of Topliss-reactive ketones (excluding diaryl/α,β-unsaturated/α-hetero) is 1. The first kappa shape index (κ1) is 11.0. The average molecular weight is 228 g/mol. The van der Waals surface area contributed by atoms with Gasteiger partial charge in [0.15, 0.2) is 0 Å². The van der Waals surface area contributed by atoms with Crippen LogP contribution in [0.1, 0.15) is 38.7 Å². The maximum absolute atomic E-state index is 12.2. The molecule has 0 heterocycles. The smallest absolute Gasteiger partial charge is 0.139 e. The Morgan fingerprint density at radius 2 is 1.76 bits per heavy atom. The van der Waals surface area contributed by atoms with Crippen LogP contribution in [0.3, 0.4) is 0 Å². The maximum Gasteiger partial charge on any atom is 0.139 e. The van der Waals surface area contributed by atoms with E-state index in [0.29, 0.717) is 5.78 Å². The number of carbonyl (C=O) groups is 1. The minimum Gasteiger partial charge on any atom is -0.299 e. The third kappa shape index (κ3) is 1.48. The monoisotopic (exact) mass is 228 g/mol. The molecule has 0 spiro atoms. The predicted molar refractivity (Wildman–Crippen MR) is 68.8 cm³/mol. The second-order valence-corrected chi connectivity index (χ2v) is 5.91. The van der Waals surface area contributed by atoms with Crippen LogP contribution < -0.4 is 0 Å². The quantitative estimate of drug-likeness (QED) is 0.756. The Morgan fingerprint density at radius 1 is 1.12 bits per heavy atom. The summed E-state index contributed by atoms with van der Waals surface area (Å²) >= 11 is 0. The van der Waals surface area contributed by atoms with Crippen molar-refractivity contribution >= 4 is 5.78 Å². The summed E-state index contributed by atoms with van der Waals surface area (Å²) in [5.74, 6) is 1.66. The summed E-state index contributed by atoms with van der Waals surface area (Å²) in [6.07, 6.45) is 3.67. The largest absolute Gasteiger partial charge is 0.299 e. The number of rotatable bonds is 2. The van der Waals surface area contributed by atoms with E-state index >= 15 is 0 Å². The van der Waals surface area contributed by atoms with Crippen LogP contribution in [0.2, 0.25) is 0 Å². The van der Waals surface area contributed by atoms with Gasteiger partial charge in [-0.2, -0.15) is 0 Å². The third-order valence-electron chi connectivity index (χ3n) is 4.95. The van der Waals surface area contributed by atoms with Gasteiger partial charge in [-0.15, -0.1) is 0 Å². The first-order chi connectivity index (χ1) is 8.16. The Kier molecular flexibility index (Phi) is 2.39. The van der Waals surface area contributed by atoms with E-state index in [-0.39, 0.29) is 17.3 Å². The van der Waals surface area contributed by atoms with E-state index in [1.54, 1.807) is 0 Å². The molecule has 0 saturated heterocycles. The van der Waals surface area contributed by atoms with Gasteiger partial charge >= 0.3 is 0 Å². The van der Waals surface area contributed by atoms with Crippen LogP contribution in [0.25, 0.3) is 0 Å². The Hall–Kier alpha value is -1.11. The molecule has 1 nitrogen and oxygen atoms in total. The molecule has 0 N–H and O–H groups in total. The third-order valence-corrected chi connectivity index (χ3v) is 4.95. The lowest BCUT2D eigenvalue weighted by atomic mass is 9.69. The van der Waals surface area contributed by atoms with Crippen molar-refractivity contribution in [2.75, 3.05) is 0 Å². The summed E-state index contributed by atoms with van der Waals surface area (Å²) in [7, 11) is 0. The molecule has 2 saturated carbocycles. The zero-order valence-corrected chi connectivity index (χ0v) is 10.6. The molecule has 0 radical (unpaired) electrons. The van der Waals surface area contributed by atoms with Gasteiger partial charge in [0, 0.05) is 17.3 Å². The second-order valence-electron chi connectivity index (χ2n) is 5.91. The SMILES string of the molecule is CC1CC(c2ccccc2)(C2CC2)C(C)C1=O. The van der Waals surface area contributed by atoms with Crippen molar-refractivity contribution in [1.29, 1.82) is 0 Å². The Labute approximate surface area is 103 Å². The molecule has 2 fully saturated rings. The molecule has 3 unspecified atom stereocenters. The number of benzene rings is 1. The normalized spacial score (nSPS) is 37.4. The van der Waals surface area contributed by atoms with E-state index < -0.39 is 0 Å². The maximum atomic E-state index is 12.2. The molecule has 0 aliphatic heterocycles. The molecule has 0 amide bonds. The molecule has 1 heteroatoms. The van der Waals surface area contributed by atoms with Crippen molar-refractivity contribution in [2.24, 2.45) is 17.8 Å². The molecule has 3 atom stereocenters. The fraction of sp³-hybridized carbons (Fsp3) is 0.562. The van der Waals surface area contributed by atoms with Crippen molar-refractivity contribution in [1.82, 2.24) is 0 Å². The summed E-state index contributed by atoms with van der Waals surface area (Å²) in [6.45, 7) is 4.25. The molecule has 17 heavy (non-hydrogen) atoms. The summed E-state index contributed by atoms with van der Waals surface area (Å²) in [5, 5.41) is 0. The number of carbonyl (C=O) groups excluding carboxylic acids is 1. The zero-order chi connectivity index (χ0) is 12.0. The predicted octanol–water partition coefficient (Wildman–Crippen LogP) is 3.58. The second kappa shape index (κ2) is 3.69. The van der Waals surface area contributed by atoms with Crippen molar-refractivity contribution in [3.63, 3.8) is 0 Å². The number of hydrogen-bond acceptors (Lipinski definition) is 1. The van der Waals surface area contributed by atoms with Crippen molar-refractivity contribution in [3.8, 4) is 0 Å². The van der Waals surface area contributed by atoms with Gasteiger partial charge in [-0.05, 0) is 30.7 Å². The Bertz CT molecular complexity index is 432. The molecule has 1 aromatic rings. The van der Waals surface area contributed by atoms with Gasteiger partial charge in [0.1, 0.15) is 5.78 Å². The van der Waals surface area contributed by atoms with Crippen LogP contribution in [0.4, 0.5) is 0 Å². The highest BCUT2D eigenvalue weighted by Crippen LogP contribution is 2.58. The lowest BCUT2D eigenvalue weighted by Crippen LogP contribution is -2.33. The fourth-order valence-electron chi connectivity index (χ4n) is 3.94. The molecule has 1 aromatic carbocycles. The van der Waals surface area contributed by atoms with Crippen molar-refractivity contribution < 1.29 is 4.79 Å². The van der Waals surface area contributed by atoms with E-state index in [4.69, 9.17) is 0 Å². The molecular weight excluding hydrogens is 208 g/mol. The van der Waals surface area contributed by atoms with Gasteiger partial charge in [-0.1, -0.05) is 44.2 Å². The van der Waals surface area contributed by atoms with Crippen LogP contribution >= 0.6 is 0 Å². The molecular formula is C16H20O. The standard InChI is InChI=1S/C16H20O/c1-11-10-16(14-8-9-14,12(2)15(11)17)13-6-4-3-5-7-13/h3-7,11-12,14H,8-10H2,1-2H3. The average Bonchev–Trinajstić information content (AvgIpc) is 3.16. The minimum absolute atomic E-state index is 0.151.